The minimum Gasteiger partial charge on any atom is -0.870 e. The number of nitrogens with one attached hydrogen (secondary N) is 1. The zero-order valence-electron chi connectivity index (χ0n) is 43.6. The van der Waals surface area contributed by atoms with Gasteiger partial charge in [-0.05, 0) is 221 Å². The zero-order valence-corrected chi connectivity index (χ0v) is 49.6. The van der Waals surface area contributed by atoms with E-state index in [1.807, 2.05) is 0 Å². The fourth-order valence-electron chi connectivity index (χ4n) is 22.3. The second-order valence-corrected chi connectivity index (χ2v) is 31.6. The first kappa shape index (κ1) is 62.1. The van der Waals surface area contributed by atoms with Crippen LogP contribution >= 0.6 is 40.7 Å². The summed E-state index contributed by atoms with van der Waals surface area (Å²) in [5.41, 5.74) is 18.3. The maximum atomic E-state index is 11.4. The summed E-state index contributed by atoms with van der Waals surface area (Å²) in [6.45, 7) is 22.9. The van der Waals surface area contributed by atoms with Crippen LogP contribution in [0.15, 0.2) is 0 Å². The van der Waals surface area contributed by atoms with Gasteiger partial charge in [-0.15, -0.1) is 24.8 Å². The van der Waals surface area contributed by atoms with Gasteiger partial charge >= 0.3 is 40.0 Å². The number of hydrogen-bond donors (Lipinski definition) is 5. The van der Waals surface area contributed by atoms with Crippen LogP contribution in [-0.4, -0.2) is 49.8 Å². The molecule has 0 aromatic heterocycles. The standard InChI is InChI=1S/C14H23NO.C12H19Br.2C12H21N.C2H3N.2ClH.Na.H2O4S.H2O/c1-10(16)15-14-6-11-4-12(2,8-14)7-13(3,5-11)9-14;3*1-10-3-9-4-11(2,6-10)8-12(13,5-9)7-10;1-2-3;;;;1-5(2,3)4;/h11H,4-9H2,1-3H3,(H,15,16);9H,3-8H2,1-2H3;2*9H,3-8,13H2,1-2H3;1H3;2*1H;;(H2,1,2,3,4);1H2/q;;;;;;;+1;;/p-1. The Morgan fingerprint density at radius 3 is 0.955 bits per heavy atom. The smallest absolute Gasteiger partial charge is 0.870 e. The van der Waals surface area contributed by atoms with Crippen molar-refractivity contribution < 1.29 is 57.4 Å². The van der Waals surface area contributed by atoms with Crippen molar-refractivity contribution in [2.75, 3.05) is 0 Å². The van der Waals surface area contributed by atoms with Crippen LogP contribution in [0.1, 0.15) is 223 Å². The summed E-state index contributed by atoms with van der Waals surface area (Å²) >= 11 is 4.03. The summed E-state index contributed by atoms with van der Waals surface area (Å²) in [7, 11) is -4.67. The Hall–Kier alpha value is 0.770. The average Bonchev–Trinajstić information content (AvgIpc) is 2.92. The molecule has 67 heavy (non-hydrogen) atoms. The molecule has 0 heterocycles. The van der Waals surface area contributed by atoms with Gasteiger partial charge < -0.3 is 22.3 Å². The molecule has 10 nitrogen and oxygen atoms in total. The van der Waals surface area contributed by atoms with Crippen molar-refractivity contribution in [2.24, 2.45) is 78.5 Å². The number of alkyl halides is 1. The molecule has 384 valence electrons. The van der Waals surface area contributed by atoms with E-state index in [1.165, 1.54) is 161 Å². The van der Waals surface area contributed by atoms with Crippen molar-refractivity contribution >= 4 is 57.1 Å². The fraction of sp³-hybridized carbons (Fsp3) is 0.962. The molecule has 16 saturated carbocycles. The van der Waals surface area contributed by atoms with E-state index < -0.39 is 10.4 Å². The second-order valence-electron chi connectivity index (χ2n) is 29.0. The van der Waals surface area contributed by atoms with Gasteiger partial charge in [0.2, 0.25) is 5.91 Å². The molecule has 8 N–H and O–H groups in total. The first-order valence-corrected chi connectivity index (χ1v) is 27.2. The number of hydrogen-bond acceptors (Lipinski definition) is 7. The number of nitrogens with two attached hydrogens (primary N) is 2. The molecule has 1 amide bonds. The molecule has 0 spiro atoms. The van der Waals surface area contributed by atoms with Crippen LogP contribution in [-0.2, 0) is 15.2 Å². The monoisotopic (exact) mass is 1070 g/mol. The Kier molecular flexibility index (Phi) is 18.7. The minimum atomic E-state index is -4.67. The molecule has 16 fully saturated rings. The second kappa shape index (κ2) is 20.1. The van der Waals surface area contributed by atoms with Gasteiger partial charge in [-0.25, -0.2) is 0 Å². The van der Waals surface area contributed by atoms with Gasteiger partial charge in [0.05, 0.1) is 6.07 Å². The molecule has 16 aliphatic rings. The van der Waals surface area contributed by atoms with E-state index in [0.29, 0.717) is 47.6 Å². The largest absolute Gasteiger partial charge is 1.00 e. The Bertz CT molecular complexity index is 1650. The quantitative estimate of drug-likeness (QED) is 0.0960. The Labute approximate surface area is 450 Å². The third kappa shape index (κ3) is 14.8. The van der Waals surface area contributed by atoms with Crippen LogP contribution in [0.2, 0.25) is 0 Å². The average molecular weight is 1080 g/mol. The first-order valence-electron chi connectivity index (χ1n) is 25.0. The van der Waals surface area contributed by atoms with E-state index in [0.717, 1.165) is 23.7 Å². The molecule has 0 saturated heterocycles. The van der Waals surface area contributed by atoms with Crippen molar-refractivity contribution in [1.29, 1.82) is 5.26 Å². The number of nitriles is 1. The zero-order chi connectivity index (χ0) is 46.8. The van der Waals surface area contributed by atoms with Crippen LogP contribution in [0, 0.1) is 78.3 Å². The van der Waals surface area contributed by atoms with Gasteiger partial charge in [-0.2, -0.15) is 13.7 Å². The molecule has 8 unspecified atom stereocenters. The summed E-state index contributed by atoms with van der Waals surface area (Å²) < 4.78 is 32.1. The van der Waals surface area contributed by atoms with Crippen molar-refractivity contribution in [2.45, 2.75) is 244 Å². The molecule has 0 aromatic carbocycles. The Morgan fingerprint density at radius 1 is 0.537 bits per heavy atom. The van der Waals surface area contributed by atoms with Crippen molar-refractivity contribution in [1.82, 2.24) is 5.32 Å². The molecular formula is C52H92BrCl2N4NaO6S. The first-order chi connectivity index (χ1) is 28.5. The summed E-state index contributed by atoms with van der Waals surface area (Å²) in [4.78, 5) is 11.4. The van der Waals surface area contributed by atoms with Crippen LogP contribution in [0.3, 0.4) is 0 Å². The number of carbonyl (C=O) groups excluding carboxylic acids is 1. The van der Waals surface area contributed by atoms with Gasteiger partial charge in [0.15, 0.2) is 0 Å². The topological polar surface area (TPSA) is 210 Å². The molecule has 8 atom stereocenters. The fourth-order valence-corrected chi connectivity index (χ4v) is 24.2. The van der Waals surface area contributed by atoms with Gasteiger partial charge in [-0.3, -0.25) is 13.9 Å². The van der Waals surface area contributed by atoms with Crippen molar-refractivity contribution in [3.05, 3.63) is 0 Å². The summed E-state index contributed by atoms with van der Waals surface area (Å²) in [5, 5.41) is 10.6. The maximum absolute atomic E-state index is 11.4. The van der Waals surface area contributed by atoms with Gasteiger partial charge in [-0.1, -0.05) is 71.3 Å². The van der Waals surface area contributed by atoms with Crippen LogP contribution in [0.25, 0.3) is 0 Å². The molecule has 0 aliphatic heterocycles. The third-order valence-electron chi connectivity index (χ3n) is 19.0. The van der Waals surface area contributed by atoms with Crippen molar-refractivity contribution in [3.8, 4) is 6.07 Å². The van der Waals surface area contributed by atoms with Crippen LogP contribution in [0.5, 0.6) is 0 Å². The number of rotatable bonds is 1. The molecule has 0 aromatic rings. The molecule has 16 bridgehead atoms. The van der Waals surface area contributed by atoms with E-state index in [4.69, 9.17) is 34.3 Å². The van der Waals surface area contributed by atoms with E-state index in [9.17, 15) is 4.79 Å². The molecule has 16 rings (SSSR count). The van der Waals surface area contributed by atoms with E-state index in [2.05, 4.69) is 76.6 Å². The summed E-state index contributed by atoms with van der Waals surface area (Å²) in [6, 6.07) is 1.75. The van der Waals surface area contributed by atoms with Gasteiger partial charge in [0.1, 0.15) is 0 Å². The molecular weight excluding hydrogens is 982 g/mol. The Balaban J connectivity index is 0.000000221. The van der Waals surface area contributed by atoms with E-state index in [-0.39, 0.29) is 82.4 Å². The number of carbonyl (C=O) groups is 1. The summed E-state index contributed by atoms with van der Waals surface area (Å²) in [6.07, 6.45) is 33.2. The molecule has 15 heteroatoms. The van der Waals surface area contributed by atoms with Crippen LogP contribution in [0.4, 0.5) is 0 Å². The van der Waals surface area contributed by atoms with Gasteiger partial charge in [0.25, 0.3) is 0 Å². The predicted octanol–water partition coefficient (Wildman–Crippen LogP) is 9.94. The SMILES string of the molecule is CC#N.CC(=O)NC12CC3CC(C)(CC(C)(C3)C1)C2.CC12CC3CC(C)(C1)CC(Br)(C3)C2.CC12CC3CC(C)(C1)CC(N)(C3)C2.CC12CC3CC(C)(C1)CC(N)(C3)C2.Cl.Cl.O=S(=O)(O)O.[Na+].[OH-]. The van der Waals surface area contributed by atoms with E-state index >= 15 is 0 Å². The molecule has 0 radical (unpaired) electrons. The maximum Gasteiger partial charge on any atom is 1.00 e. The predicted molar refractivity (Wildman–Crippen MR) is 274 cm³/mol. The Morgan fingerprint density at radius 2 is 0.761 bits per heavy atom. The van der Waals surface area contributed by atoms with Crippen LogP contribution < -0.4 is 46.3 Å². The normalized spacial score (nSPS) is 51.4. The van der Waals surface area contributed by atoms with Gasteiger partial charge in [0, 0.05) is 34.8 Å². The summed E-state index contributed by atoms with van der Waals surface area (Å²) in [5.74, 6) is 3.96. The number of nitrogens with zero attached hydrogens (tertiary/aromatic N) is 1. The van der Waals surface area contributed by atoms with E-state index in [1.54, 1.807) is 13.0 Å². The minimum absolute atomic E-state index is 0. The number of halogens is 3. The third-order valence-corrected chi connectivity index (χ3v) is 19.8. The van der Waals surface area contributed by atoms with Crippen molar-refractivity contribution in [3.63, 3.8) is 0 Å². The number of amides is 1. The molecule has 16 aliphatic carbocycles.